The molecule has 122 valence electrons. The lowest BCUT2D eigenvalue weighted by Crippen LogP contribution is -2.51. The quantitative estimate of drug-likeness (QED) is 0.781. The van der Waals surface area contributed by atoms with E-state index in [1.54, 1.807) is 18.9 Å². The summed E-state index contributed by atoms with van der Waals surface area (Å²) in [4.78, 5) is 27.5. The number of amides is 2. The van der Waals surface area contributed by atoms with Gasteiger partial charge in [-0.25, -0.2) is 4.79 Å². The number of nitrogens with zero attached hydrogens (tertiary/aromatic N) is 2. The van der Waals surface area contributed by atoms with Crippen LogP contribution >= 0.6 is 0 Å². The van der Waals surface area contributed by atoms with E-state index in [-0.39, 0.29) is 18.6 Å². The minimum atomic E-state index is -0.901. The number of hydrogen-bond acceptors (Lipinski definition) is 3. The molecule has 1 heterocycles. The lowest BCUT2D eigenvalue weighted by Gasteiger charge is -2.36. The maximum absolute atomic E-state index is 12.2. The second kappa shape index (κ2) is 7.64. The summed E-state index contributed by atoms with van der Waals surface area (Å²) >= 11 is 0. The molecule has 1 unspecified atom stereocenters. The van der Waals surface area contributed by atoms with Crippen LogP contribution in [0.25, 0.3) is 0 Å². The Labute approximate surface area is 127 Å². The Balaban J connectivity index is 2.46. The van der Waals surface area contributed by atoms with Crippen molar-refractivity contribution in [3.63, 3.8) is 0 Å². The SMILES string of the molecule is CCN1CCC(N(C)C(=O)NCC(C)(CC)C(=O)O)CC1. The van der Waals surface area contributed by atoms with Gasteiger partial charge in [-0.15, -0.1) is 0 Å². The minimum Gasteiger partial charge on any atom is -0.481 e. The predicted molar refractivity (Wildman–Crippen MR) is 82.3 cm³/mol. The van der Waals surface area contributed by atoms with Crippen molar-refractivity contribution in [3.8, 4) is 0 Å². The van der Waals surface area contributed by atoms with E-state index in [4.69, 9.17) is 0 Å². The average Bonchev–Trinajstić information content (AvgIpc) is 2.51. The molecule has 0 aromatic rings. The van der Waals surface area contributed by atoms with Crippen molar-refractivity contribution in [1.82, 2.24) is 15.1 Å². The standard InChI is InChI=1S/C15H29N3O3/c1-5-15(3,13(19)20)11-16-14(21)17(4)12-7-9-18(6-2)10-8-12/h12H,5-11H2,1-4H3,(H,16,21)(H,19,20). The van der Waals surface area contributed by atoms with E-state index < -0.39 is 11.4 Å². The van der Waals surface area contributed by atoms with E-state index in [0.717, 1.165) is 32.5 Å². The van der Waals surface area contributed by atoms with Gasteiger partial charge in [-0.3, -0.25) is 4.79 Å². The lowest BCUT2D eigenvalue weighted by atomic mass is 9.88. The number of carbonyl (C=O) groups is 2. The van der Waals surface area contributed by atoms with E-state index in [0.29, 0.717) is 6.42 Å². The number of carboxylic acids is 1. The first kappa shape index (κ1) is 17.8. The summed E-state index contributed by atoms with van der Waals surface area (Å²) in [6, 6.07) is 0.0661. The van der Waals surface area contributed by atoms with Crippen molar-refractivity contribution < 1.29 is 14.7 Å². The van der Waals surface area contributed by atoms with Gasteiger partial charge in [-0.1, -0.05) is 13.8 Å². The summed E-state index contributed by atoms with van der Waals surface area (Å²) in [7, 11) is 1.80. The highest BCUT2D eigenvalue weighted by Gasteiger charge is 2.32. The van der Waals surface area contributed by atoms with Crippen molar-refractivity contribution in [1.29, 1.82) is 0 Å². The van der Waals surface area contributed by atoms with Gasteiger partial charge in [0.25, 0.3) is 0 Å². The van der Waals surface area contributed by atoms with E-state index in [1.807, 2.05) is 6.92 Å². The Kier molecular flexibility index (Phi) is 6.45. The highest BCUT2D eigenvalue weighted by molar-refractivity contribution is 5.77. The Hall–Kier alpha value is -1.30. The van der Waals surface area contributed by atoms with Crippen LogP contribution in [0.2, 0.25) is 0 Å². The van der Waals surface area contributed by atoms with E-state index in [2.05, 4.69) is 17.1 Å². The molecule has 1 aliphatic heterocycles. The zero-order valence-electron chi connectivity index (χ0n) is 13.7. The summed E-state index contributed by atoms with van der Waals surface area (Å²) in [6.07, 6.45) is 2.44. The second-order valence-corrected chi connectivity index (χ2v) is 6.15. The molecule has 2 N–H and O–H groups in total. The molecule has 1 rings (SSSR count). The molecule has 1 aliphatic rings. The van der Waals surface area contributed by atoms with Crippen LogP contribution in [0.3, 0.4) is 0 Å². The molecular formula is C15H29N3O3. The van der Waals surface area contributed by atoms with Gasteiger partial charge < -0.3 is 20.2 Å². The summed E-state index contributed by atoms with van der Waals surface area (Å²) in [5.41, 5.74) is -0.901. The molecule has 0 aromatic carbocycles. The van der Waals surface area contributed by atoms with Crippen LogP contribution in [0.15, 0.2) is 0 Å². The van der Waals surface area contributed by atoms with Crippen LogP contribution in [-0.2, 0) is 4.79 Å². The van der Waals surface area contributed by atoms with Crippen LogP contribution in [0.5, 0.6) is 0 Å². The molecule has 0 radical (unpaired) electrons. The maximum atomic E-state index is 12.2. The number of aliphatic carboxylic acids is 1. The smallest absolute Gasteiger partial charge is 0.317 e. The fraction of sp³-hybridized carbons (Fsp3) is 0.867. The van der Waals surface area contributed by atoms with E-state index in [9.17, 15) is 14.7 Å². The van der Waals surface area contributed by atoms with Crippen molar-refractivity contribution in [2.24, 2.45) is 5.41 Å². The Morgan fingerprint density at radius 3 is 2.33 bits per heavy atom. The number of carboxylic acid groups (broad SMARTS) is 1. The monoisotopic (exact) mass is 299 g/mol. The third-order valence-corrected chi connectivity index (χ3v) is 4.80. The van der Waals surface area contributed by atoms with Crippen molar-refractivity contribution in [2.45, 2.75) is 46.1 Å². The molecule has 0 spiro atoms. The first-order valence-corrected chi connectivity index (χ1v) is 7.80. The molecule has 1 fully saturated rings. The molecule has 2 amide bonds. The van der Waals surface area contributed by atoms with Crippen LogP contribution in [0.1, 0.15) is 40.0 Å². The first-order chi connectivity index (χ1) is 9.84. The van der Waals surface area contributed by atoms with Crippen molar-refractivity contribution in [2.75, 3.05) is 33.2 Å². The largest absolute Gasteiger partial charge is 0.481 e. The Bertz CT molecular complexity index is 367. The van der Waals surface area contributed by atoms with Crippen molar-refractivity contribution >= 4 is 12.0 Å². The number of hydrogen-bond donors (Lipinski definition) is 2. The topological polar surface area (TPSA) is 72.9 Å². The maximum Gasteiger partial charge on any atom is 0.317 e. The van der Waals surface area contributed by atoms with Gasteiger partial charge in [0, 0.05) is 32.7 Å². The van der Waals surface area contributed by atoms with Gasteiger partial charge in [-0.05, 0) is 32.7 Å². The number of piperidine rings is 1. The predicted octanol–water partition coefficient (Wildman–Crippen LogP) is 1.61. The number of urea groups is 1. The summed E-state index contributed by atoms with van der Waals surface area (Å²) < 4.78 is 0. The molecule has 1 atom stereocenters. The van der Waals surface area contributed by atoms with Crippen molar-refractivity contribution in [3.05, 3.63) is 0 Å². The molecule has 0 saturated carbocycles. The molecule has 0 aliphatic carbocycles. The molecule has 1 saturated heterocycles. The van der Waals surface area contributed by atoms with Gasteiger partial charge >= 0.3 is 12.0 Å². The molecule has 6 nitrogen and oxygen atoms in total. The summed E-state index contributed by atoms with van der Waals surface area (Å²) in [5.74, 6) is -0.871. The molecular weight excluding hydrogens is 270 g/mol. The van der Waals surface area contributed by atoms with Gasteiger partial charge in [0.15, 0.2) is 0 Å². The highest BCUT2D eigenvalue weighted by atomic mass is 16.4. The minimum absolute atomic E-state index is 0.163. The van der Waals surface area contributed by atoms with E-state index in [1.165, 1.54) is 0 Å². The van der Waals surface area contributed by atoms with Crippen LogP contribution in [-0.4, -0.2) is 66.2 Å². The number of rotatable bonds is 6. The number of carbonyl (C=O) groups excluding carboxylic acids is 1. The van der Waals surface area contributed by atoms with E-state index >= 15 is 0 Å². The molecule has 0 bridgehead atoms. The van der Waals surface area contributed by atoms with Gasteiger partial charge in [0.05, 0.1) is 5.41 Å². The number of likely N-dealkylation sites (tertiary alicyclic amines) is 1. The Morgan fingerprint density at radius 2 is 1.90 bits per heavy atom. The summed E-state index contributed by atoms with van der Waals surface area (Å²) in [6.45, 7) is 8.88. The number of nitrogens with one attached hydrogen (secondary N) is 1. The highest BCUT2D eigenvalue weighted by Crippen LogP contribution is 2.20. The third-order valence-electron chi connectivity index (χ3n) is 4.80. The average molecular weight is 299 g/mol. The fourth-order valence-corrected chi connectivity index (χ4v) is 2.54. The zero-order valence-corrected chi connectivity index (χ0v) is 13.7. The molecule has 6 heteroatoms. The zero-order chi connectivity index (χ0) is 16.0. The normalized spacial score (nSPS) is 19.8. The van der Waals surface area contributed by atoms with Gasteiger partial charge in [0.2, 0.25) is 0 Å². The molecule has 21 heavy (non-hydrogen) atoms. The van der Waals surface area contributed by atoms with Crippen LogP contribution in [0.4, 0.5) is 4.79 Å². The summed E-state index contributed by atoms with van der Waals surface area (Å²) in [5, 5.41) is 12.0. The van der Waals surface area contributed by atoms with Crippen LogP contribution < -0.4 is 5.32 Å². The fourth-order valence-electron chi connectivity index (χ4n) is 2.54. The van der Waals surface area contributed by atoms with Gasteiger partial charge in [0.1, 0.15) is 0 Å². The third kappa shape index (κ3) is 4.59. The Morgan fingerprint density at radius 1 is 1.33 bits per heavy atom. The second-order valence-electron chi connectivity index (χ2n) is 6.15. The van der Waals surface area contributed by atoms with Crippen LogP contribution in [0, 0.1) is 5.41 Å². The van der Waals surface area contributed by atoms with Gasteiger partial charge in [-0.2, -0.15) is 0 Å². The first-order valence-electron chi connectivity index (χ1n) is 7.80. The lowest BCUT2D eigenvalue weighted by molar-refractivity contribution is -0.147. The molecule has 0 aromatic heterocycles.